The van der Waals surface area contributed by atoms with E-state index in [4.69, 9.17) is 0 Å². The molecule has 0 aliphatic heterocycles. The van der Waals surface area contributed by atoms with Crippen LogP contribution in [-0.2, 0) is 0 Å². The Hall–Kier alpha value is -4.34. The first kappa shape index (κ1) is 27.2. The molecule has 4 aromatic rings. The van der Waals surface area contributed by atoms with E-state index in [0.717, 1.165) is 40.8 Å². The minimum absolute atomic E-state index is 0.101. The standard InChI is InChI=1S/C30H30F3N5O2/c1-17-12-19(4-8-23(17)28(39)34-3)20-14-25(35-11-10-30(31,32)33)27-26(15-20)38(16-36-27)22-7-9-24(18(2)13-22)29(40)37-21-5-6-21/h4,7-9,12-16,21,35H,5-6,10-11H2,1-3H3,(H,34,39)(H,37,40). The van der Waals surface area contributed by atoms with Crippen LogP contribution in [0, 0.1) is 13.8 Å². The number of hydrogen-bond acceptors (Lipinski definition) is 4. The number of fused-ring (bicyclic) bond motifs is 1. The van der Waals surface area contributed by atoms with Crippen LogP contribution in [0.4, 0.5) is 18.9 Å². The van der Waals surface area contributed by atoms with Crippen molar-refractivity contribution in [3.63, 3.8) is 0 Å². The fourth-order valence-electron chi connectivity index (χ4n) is 4.74. The van der Waals surface area contributed by atoms with Gasteiger partial charge in [0.25, 0.3) is 11.8 Å². The fraction of sp³-hybridized carbons (Fsp3) is 0.300. The number of anilines is 1. The van der Waals surface area contributed by atoms with Crippen LogP contribution in [0.1, 0.15) is 51.1 Å². The molecular weight excluding hydrogens is 519 g/mol. The number of alkyl halides is 3. The van der Waals surface area contributed by atoms with Gasteiger partial charge in [0.2, 0.25) is 0 Å². The Morgan fingerprint density at radius 3 is 2.30 bits per heavy atom. The van der Waals surface area contributed by atoms with E-state index in [1.807, 2.05) is 48.7 Å². The second-order valence-corrected chi connectivity index (χ2v) is 10.2. The van der Waals surface area contributed by atoms with Crippen LogP contribution in [0.15, 0.2) is 54.9 Å². The second-order valence-electron chi connectivity index (χ2n) is 10.2. The lowest BCUT2D eigenvalue weighted by molar-refractivity contribution is -0.131. The lowest BCUT2D eigenvalue weighted by atomic mass is 9.98. The average Bonchev–Trinajstić information content (AvgIpc) is 3.61. The van der Waals surface area contributed by atoms with Gasteiger partial charge < -0.3 is 16.0 Å². The van der Waals surface area contributed by atoms with Gasteiger partial charge in [0.15, 0.2) is 0 Å². The fourth-order valence-corrected chi connectivity index (χ4v) is 4.74. The van der Waals surface area contributed by atoms with Crippen LogP contribution in [0.5, 0.6) is 0 Å². The molecule has 0 radical (unpaired) electrons. The number of benzene rings is 3. The first-order valence-corrected chi connectivity index (χ1v) is 13.1. The summed E-state index contributed by atoms with van der Waals surface area (Å²) >= 11 is 0. The summed E-state index contributed by atoms with van der Waals surface area (Å²) in [6.45, 7) is 3.41. The Morgan fingerprint density at radius 1 is 0.950 bits per heavy atom. The summed E-state index contributed by atoms with van der Waals surface area (Å²) in [5.41, 5.74) is 6.74. The summed E-state index contributed by atoms with van der Waals surface area (Å²) in [6.07, 6.45) is -1.65. The lowest BCUT2D eigenvalue weighted by Gasteiger charge is -2.14. The number of carbonyl (C=O) groups excluding carboxylic acids is 2. The second kappa shape index (κ2) is 10.7. The number of carbonyl (C=O) groups is 2. The number of aryl methyl sites for hydroxylation is 2. The van der Waals surface area contributed by atoms with E-state index in [9.17, 15) is 22.8 Å². The van der Waals surface area contributed by atoms with Crippen molar-refractivity contribution in [1.29, 1.82) is 0 Å². The third-order valence-electron chi connectivity index (χ3n) is 7.05. The molecule has 10 heteroatoms. The molecule has 3 N–H and O–H groups in total. The highest BCUT2D eigenvalue weighted by atomic mass is 19.4. The van der Waals surface area contributed by atoms with Crippen molar-refractivity contribution in [1.82, 2.24) is 20.2 Å². The molecule has 1 aliphatic carbocycles. The molecule has 0 atom stereocenters. The number of halogens is 3. The van der Waals surface area contributed by atoms with Crippen molar-refractivity contribution in [2.45, 2.75) is 45.3 Å². The maximum atomic E-state index is 12.9. The molecule has 1 fully saturated rings. The molecule has 0 saturated heterocycles. The highest BCUT2D eigenvalue weighted by Gasteiger charge is 2.27. The molecule has 5 rings (SSSR count). The van der Waals surface area contributed by atoms with E-state index >= 15 is 0 Å². The molecule has 0 unspecified atom stereocenters. The van der Waals surface area contributed by atoms with Crippen molar-refractivity contribution >= 4 is 28.5 Å². The predicted molar refractivity (Wildman–Crippen MR) is 149 cm³/mol. The number of imidazole rings is 1. The number of aromatic nitrogens is 2. The topological polar surface area (TPSA) is 88.1 Å². The third-order valence-corrected chi connectivity index (χ3v) is 7.05. The highest BCUT2D eigenvalue weighted by Crippen LogP contribution is 2.33. The third kappa shape index (κ3) is 5.80. The maximum Gasteiger partial charge on any atom is 0.390 e. The summed E-state index contributed by atoms with van der Waals surface area (Å²) in [5.74, 6) is -0.298. The van der Waals surface area contributed by atoms with E-state index in [0.29, 0.717) is 27.8 Å². The maximum absolute atomic E-state index is 12.9. The zero-order valence-corrected chi connectivity index (χ0v) is 22.4. The van der Waals surface area contributed by atoms with Gasteiger partial charge in [-0.15, -0.1) is 0 Å². The normalized spacial score (nSPS) is 13.3. The molecule has 208 valence electrons. The average molecular weight is 550 g/mol. The van der Waals surface area contributed by atoms with Crippen LogP contribution in [0.25, 0.3) is 27.8 Å². The molecule has 40 heavy (non-hydrogen) atoms. The van der Waals surface area contributed by atoms with Gasteiger partial charge in [0, 0.05) is 36.4 Å². The van der Waals surface area contributed by atoms with Gasteiger partial charge >= 0.3 is 6.18 Å². The monoisotopic (exact) mass is 549 g/mol. The van der Waals surface area contributed by atoms with Crippen LogP contribution in [0.3, 0.4) is 0 Å². The van der Waals surface area contributed by atoms with Crippen molar-refractivity contribution in [3.8, 4) is 16.8 Å². The van der Waals surface area contributed by atoms with Crippen molar-refractivity contribution in [3.05, 3.63) is 77.1 Å². The number of nitrogens with zero attached hydrogens (tertiary/aromatic N) is 2. The molecule has 1 aromatic heterocycles. The molecular formula is C30H30F3N5O2. The summed E-state index contributed by atoms with van der Waals surface area (Å²) in [5, 5.41) is 8.55. The summed E-state index contributed by atoms with van der Waals surface area (Å²) in [6, 6.07) is 14.9. The molecule has 3 aromatic carbocycles. The number of amides is 2. The Morgan fingerprint density at radius 2 is 1.65 bits per heavy atom. The van der Waals surface area contributed by atoms with Gasteiger partial charge in [0.05, 0.1) is 17.6 Å². The van der Waals surface area contributed by atoms with Crippen molar-refractivity contribution < 1.29 is 22.8 Å². The van der Waals surface area contributed by atoms with Crippen LogP contribution >= 0.6 is 0 Å². The van der Waals surface area contributed by atoms with Crippen LogP contribution in [0.2, 0.25) is 0 Å². The molecule has 7 nitrogen and oxygen atoms in total. The zero-order chi connectivity index (χ0) is 28.6. The Kier molecular flexibility index (Phi) is 7.27. The summed E-state index contributed by atoms with van der Waals surface area (Å²) in [7, 11) is 1.57. The number of nitrogens with one attached hydrogen (secondary N) is 3. The van der Waals surface area contributed by atoms with Crippen LogP contribution in [-0.4, -0.2) is 47.2 Å². The van der Waals surface area contributed by atoms with Gasteiger partial charge in [0.1, 0.15) is 11.8 Å². The van der Waals surface area contributed by atoms with E-state index in [2.05, 4.69) is 20.9 Å². The van der Waals surface area contributed by atoms with E-state index in [1.54, 1.807) is 31.6 Å². The predicted octanol–water partition coefficient (Wildman–Crippen LogP) is 5.93. The van der Waals surface area contributed by atoms with Gasteiger partial charge in [-0.05, 0) is 85.3 Å². The van der Waals surface area contributed by atoms with E-state index in [1.165, 1.54) is 0 Å². The highest BCUT2D eigenvalue weighted by molar-refractivity contribution is 5.98. The molecule has 1 aliphatic rings. The molecule has 1 heterocycles. The lowest BCUT2D eigenvalue weighted by Crippen LogP contribution is -2.26. The van der Waals surface area contributed by atoms with Gasteiger partial charge in [-0.1, -0.05) is 12.1 Å². The molecule has 2 amide bonds. The van der Waals surface area contributed by atoms with E-state index in [-0.39, 0.29) is 24.4 Å². The number of rotatable bonds is 8. The Labute approximate surface area is 229 Å². The van der Waals surface area contributed by atoms with Gasteiger partial charge in [-0.3, -0.25) is 14.2 Å². The van der Waals surface area contributed by atoms with Gasteiger partial charge in [-0.25, -0.2) is 4.98 Å². The summed E-state index contributed by atoms with van der Waals surface area (Å²) < 4.78 is 40.6. The Bertz CT molecular complexity index is 1610. The number of hydrogen-bond donors (Lipinski definition) is 3. The minimum Gasteiger partial charge on any atom is -0.383 e. The Balaban J connectivity index is 1.57. The van der Waals surface area contributed by atoms with Crippen molar-refractivity contribution in [2.75, 3.05) is 18.9 Å². The van der Waals surface area contributed by atoms with Gasteiger partial charge in [-0.2, -0.15) is 13.2 Å². The van der Waals surface area contributed by atoms with Crippen molar-refractivity contribution in [2.24, 2.45) is 0 Å². The molecule has 0 spiro atoms. The largest absolute Gasteiger partial charge is 0.390 e. The molecule has 0 bridgehead atoms. The minimum atomic E-state index is -4.29. The quantitative estimate of drug-likeness (QED) is 0.254. The SMILES string of the molecule is CNC(=O)c1ccc(-c2cc(NCCC(F)(F)F)c3ncn(-c4ccc(C(=O)NC5CC5)c(C)c4)c3c2)cc1C. The molecule has 1 saturated carbocycles. The zero-order valence-electron chi connectivity index (χ0n) is 22.4. The van der Waals surface area contributed by atoms with Crippen LogP contribution < -0.4 is 16.0 Å². The summed E-state index contributed by atoms with van der Waals surface area (Å²) in [4.78, 5) is 29.3. The first-order valence-electron chi connectivity index (χ1n) is 13.1. The smallest absolute Gasteiger partial charge is 0.383 e. The van der Waals surface area contributed by atoms with E-state index < -0.39 is 12.6 Å². The first-order chi connectivity index (χ1) is 19.0.